The second kappa shape index (κ2) is 6.63. The molecule has 0 spiro atoms. The average molecular weight is 388 g/mol. The molecule has 10 heteroatoms. The molecule has 27 heavy (non-hydrogen) atoms. The number of nitrogens with one attached hydrogen (secondary N) is 1. The summed E-state index contributed by atoms with van der Waals surface area (Å²) >= 11 is 5.02. The number of nitro benzene ring substituents is 1. The Balaban J connectivity index is 1.68. The van der Waals surface area contributed by atoms with E-state index in [2.05, 4.69) is 9.97 Å². The number of benzene rings is 1. The largest absolute Gasteiger partial charge is 0.456 e. The summed E-state index contributed by atoms with van der Waals surface area (Å²) in [6.45, 7) is 1.52. The molecule has 0 amide bonds. The Morgan fingerprint density at radius 3 is 3.04 bits per heavy atom. The van der Waals surface area contributed by atoms with E-state index in [1.807, 2.05) is 4.90 Å². The lowest BCUT2D eigenvalue weighted by Gasteiger charge is -2.27. The van der Waals surface area contributed by atoms with Crippen LogP contribution >= 0.6 is 12.2 Å². The first-order chi connectivity index (χ1) is 12.9. The maximum absolute atomic E-state index is 13.7. The lowest BCUT2D eigenvalue weighted by atomic mass is 10.1. The number of H-pyrrole nitrogens is 1. The molecule has 4 rings (SSSR count). The van der Waals surface area contributed by atoms with Crippen LogP contribution in [-0.4, -0.2) is 26.3 Å². The van der Waals surface area contributed by atoms with E-state index in [1.54, 1.807) is 6.20 Å². The van der Waals surface area contributed by atoms with Crippen molar-refractivity contribution in [1.29, 1.82) is 0 Å². The van der Waals surface area contributed by atoms with Crippen LogP contribution in [0.2, 0.25) is 0 Å². The summed E-state index contributed by atoms with van der Waals surface area (Å²) in [6, 6.07) is 1.70. The van der Waals surface area contributed by atoms with Crippen molar-refractivity contribution in [3.63, 3.8) is 0 Å². The number of nitrogens with zero attached hydrogens (tertiary/aromatic N) is 3. The van der Waals surface area contributed by atoms with Crippen molar-refractivity contribution < 1.29 is 13.7 Å². The van der Waals surface area contributed by atoms with Gasteiger partial charge in [-0.3, -0.25) is 19.8 Å². The fraction of sp³-hybridized carbons (Fsp3) is 0.235. The minimum atomic E-state index is -0.855. The smallest absolute Gasteiger partial charge is 0.315 e. The van der Waals surface area contributed by atoms with E-state index in [1.165, 1.54) is 6.26 Å². The molecule has 0 fully saturated rings. The highest BCUT2D eigenvalue weighted by Crippen LogP contribution is 2.26. The van der Waals surface area contributed by atoms with Crippen LogP contribution in [0.15, 0.2) is 33.8 Å². The van der Waals surface area contributed by atoms with Crippen LogP contribution < -0.4 is 5.43 Å². The van der Waals surface area contributed by atoms with Gasteiger partial charge < -0.3 is 9.40 Å². The van der Waals surface area contributed by atoms with E-state index < -0.39 is 21.9 Å². The molecule has 1 aromatic carbocycles. The summed E-state index contributed by atoms with van der Waals surface area (Å²) in [5.74, 6) is -0.855. The van der Waals surface area contributed by atoms with Gasteiger partial charge in [-0.25, -0.2) is 9.37 Å². The molecule has 3 aromatic rings. The molecule has 0 unspecified atom stereocenters. The molecule has 0 bridgehead atoms. The van der Waals surface area contributed by atoms with Crippen LogP contribution in [0.5, 0.6) is 0 Å². The molecule has 138 valence electrons. The van der Waals surface area contributed by atoms with Gasteiger partial charge in [-0.05, 0) is 18.3 Å². The average Bonchev–Trinajstić information content (AvgIpc) is 2.64. The third-order valence-corrected chi connectivity index (χ3v) is 4.74. The number of hydrogen-bond donors (Lipinski definition) is 1. The molecule has 0 saturated carbocycles. The second-order valence-electron chi connectivity index (χ2n) is 6.30. The van der Waals surface area contributed by atoms with Crippen LogP contribution in [0.3, 0.4) is 0 Å². The molecule has 1 aliphatic rings. The Bertz CT molecular complexity index is 1190. The number of non-ortho nitro benzene ring substituents is 1. The second-order valence-corrected chi connectivity index (χ2v) is 6.69. The highest BCUT2D eigenvalue weighted by atomic mass is 32.1. The SMILES string of the molecule is O=c1c(CN2CCc3[nH]c(=S)ncc3C2)coc2c([N+](=O)[O-])cc(F)cc12. The molecular weight excluding hydrogens is 375 g/mol. The Labute approximate surface area is 156 Å². The third-order valence-electron chi connectivity index (χ3n) is 4.54. The molecule has 1 aliphatic heterocycles. The molecule has 0 radical (unpaired) electrons. The van der Waals surface area contributed by atoms with Crippen molar-refractivity contribution in [2.45, 2.75) is 19.5 Å². The molecule has 0 atom stereocenters. The van der Waals surface area contributed by atoms with Gasteiger partial charge in [-0.2, -0.15) is 0 Å². The summed E-state index contributed by atoms with van der Waals surface area (Å²) in [5.41, 5.74) is 1.05. The number of hydrogen-bond acceptors (Lipinski definition) is 7. The van der Waals surface area contributed by atoms with Crippen LogP contribution in [0.4, 0.5) is 10.1 Å². The third kappa shape index (κ3) is 3.24. The number of aromatic nitrogens is 2. The van der Waals surface area contributed by atoms with Crippen molar-refractivity contribution in [3.05, 3.63) is 72.3 Å². The van der Waals surface area contributed by atoms with Crippen LogP contribution in [0.25, 0.3) is 11.0 Å². The van der Waals surface area contributed by atoms with Gasteiger partial charge in [0.05, 0.1) is 22.6 Å². The number of halogens is 1. The predicted octanol–water partition coefficient (Wildman–Crippen LogP) is 2.85. The van der Waals surface area contributed by atoms with E-state index in [9.17, 15) is 19.3 Å². The minimum Gasteiger partial charge on any atom is -0.456 e. The van der Waals surface area contributed by atoms with Gasteiger partial charge in [0.1, 0.15) is 5.82 Å². The summed E-state index contributed by atoms with van der Waals surface area (Å²) in [7, 11) is 0. The molecule has 2 aromatic heterocycles. The van der Waals surface area contributed by atoms with Crippen molar-refractivity contribution >= 4 is 28.9 Å². The van der Waals surface area contributed by atoms with Crippen LogP contribution in [0.1, 0.15) is 16.8 Å². The molecular formula is C17H13FN4O4S. The molecule has 0 saturated heterocycles. The van der Waals surface area contributed by atoms with E-state index in [0.717, 1.165) is 29.8 Å². The van der Waals surface area contributed by atoms with Gasteiger partial charge in [0, 0.05) is 49.1 Å². The first-order valence-electron chi connectivity index (χ1n) is 8.10. The zero-order valence-electron chi connectivity index (χ0n) is 13.9. The number of fused-ring (bicyclic) bond motifs is 2. The van der Waals surface area contributed by atoms with Gasteiger partial charge in [0.15, 0.2) is 10.2 Å². The Kier molecular flexibility index (Phi) is 4.28. The van der Waals surface area contributed by atoms with Gasteiger partial charge in [0.2, 0.25) is 5.58 Å². The van der Waals surface area contributed by atoms with E-state index in [4.69, 9.17) is 16.6 Å². The predicted molar refractivity (Wildman–Crippen MR) is 96.3 cm³/mol. The number of rotatable bonds is 3. The molecule has 8 nitrogen and oxygen atoms in total. The highest BCUT2D eigenvalue weighted by molar-refractivity contribution is 7.71. The molecule has 3 heterocycles. The van der Waals surface area contributed by atoms with Crippen LogP contribution in [-0.2, 0) is 19.5 Å². The summed E-state index contributed by atoms with van der Waals surface area (Å²) < 4.78 is 19.5. The summed E-state index contributed by atoms with van der Waals surface area (Å²) in [4.78, 5) is 32.2. The van der Waals surface area contributed by atoms with Crippen molar-refractivity contribution in [3.8, 4) is 0 Å². The summed E-state index contributed by atoms with van der Waals surface area (Å²) in [5, 5.41) is 10.9. The Hall–Kier alpha value is -2.98. The van der Waals surface area contributed by atoms with E-state index >= 15 is 0 Å². The van der Waals surface area contributed by atoms with Crippen molar-refractivity contribution in [1.82, 2.24) is 14.9 Å². The van der Waals surface area contributed by atoms with Gasteiger partial charge in [-0.1, -0.05) is 0 Å². The van der Waals surface area contributed by atoms with E-state index in [0.29, 0.717) is 23.4 Å². The maximum atomic E-state index is 13.7. The first kappa shape index (κ1) is 17.4. The van der Waals surface area contributed by atoms with Crippen molar-refractivity contribution in [2.24, 2.45) is 0 Å². The highest BCUT2D eigenvalue weighted by Gasteiger charge is 2.22. The molecule has 1 N–H and O–H groups in total. The monoisotopic (exact) mass is 388 g/mol. The Morgan fingerprint density at radius 1 is 1.44 bits per heavy atom. The van der Waals surface area contributed by atoms with Gasteiger partial charge in [0.25, 0.3) is 0 Å². The number of aromatic amines is 1. The maximum Gasteiger partial charge on any atom is 0.315 e. The minimum absolute atomic E-state index is 0.137. The summed E-state index contributed by atoms with van der Waals surface area (Å²) in [6.07, 6.45) is 3.64. The van der Waals surface area contributed by atoms with Gasteiger partial charge >= 0.3 is 5.69 Å². The van der Waals surface area contributed by atoms with Gasteiger partial charge in [-0.15, -0.1) is 0 Å². The number of nitro groups is 1. The standard InChI is InChI=1S/C17H13FN4O4S/c18-11-3-12-15(23)10(8-26-16(12)14(4-11)22(24)25)7-21-2-1-13-9(6-21)5-19-17(27)20-13/h3-5,8H,1-2,6-7H2,(H,19,20,27). The van der Waals surface area contributed by atoms with E-state index in [-0.39, 0.29) is 17.5 Å². The zero-order valence-corrected chi connectivity index (χ0v) is 14.7. The first-order valence-corrected chi connectivity index (χ1v) is 8.51. The quantitative estimate of drug-likeness (QED) is 0.418. The zero-order chi connectivity index (χ0) is 19.1. The molecule has 0 aliphatic carbocycles. The fourth-order valence-electron chi connectivity index (χ4n) is 3.25. The topological polar surface area (TPSA) is 105 Å². The van der Waals surface area contributed by atoms with Crippen LogP contribution in [0, 0.1) is 20.7 Å². The Morgan fingerprint density at radius 2 is 2.26 bits per heavy atom. The lowest BCUT2D eigenvalue weighted by Crippen LogP contribution is -2.32. The fourth-order valence-corrected chi connectivity index (χ4v) is 3.43. The lowest BCUT2D eigenvalue weighted by molar-refractivity contribution is -0.383. The van der Waals surface area contributed by atoms with Crippen molar-refractivity contribution in [2.75, 3.05) is 6.54 Å². The normalized spacial score (nSPS) is 14.3.